The molecule has 4 aromatic rings. The summed E-state index contributed by atoms with van der Waals surface area (Å²) in [5.74, 6) is -1.24. The first kappa shape index (κ1) is 19.9. The summed E-state index contributed by atoms with van der Waals surface area (Å²) in [6.07, 6.45) is 7.54. The number of hydrogen-bond acceptors (Lipinski definition) is 3. The topological polar surface area (TPSA) is 78.3 Å². The van der Waals surface area contributed by atoms with Crippen molar-refractivity contribution in [2.45, 2.75) is 37.8 Å². The monoisotopic (exact) mass is 439 g/mol. The molecule has 33 heavy (non-hydrogen) atoms. The fraction of sp³-hybridized carbons (Fsp3) is 0.259. The molecule has 6 heteroatoms. The summed E-state index contributed by atoms with van der Waals surface area (Å²) < 4.78 is 2.02. The minimum Gasteiger partial charge on any atom is -0.507 e. The maximum Gasteiger partial charge on any atom is 0.295 e. The van der Waals surface area contributed by atoms with Crippen LogP contribution < -0.4 is 0 Å². The van der Waals surface area contributed by atoms with Gasteiger partial charge in [-0.1, -0.05) is 49.2 Å². The van der Waals surface area contributed by atoms with Gasteiger partial charge < -0.3 is 19.6 Å². The van der Waals surface area contributed by atoms with Crippen molar-refractivity contribution >= 4 is 39.3 Å². The lowest BCUT2D eigenvalue weighted by atomic mass is 9.94. The Bertz CT molecular complexity index is 1450. The quantitative estimate of drug-likeness (QED) is 0.267. The van der Waals surface area contributed by atoms with E-state index in [2.05, 4.69) is 4.98 Å². The first-order chi connectivity index (χ1) is 16.1. The number of nitrogens with zero attached hydrogens (tertiary/aromatic N) is 2. The molecule has 0 spiro atoms. The van der Waals surface area contributed by atoms with Crippen LogP contribution >= 0.6 is 0 Å². The minimum atomic E-state index is -0.618. The number of hydrogen-bond donors (Lipinski definition) is 2. The molecule has 2 aromatic carbocycles. The van der Waals surface area contributed by atoms with Gasteiger partial charge in [-0.2, -0.15) is 0 Å². The molecule has 2 aliphatic rings. The van der Waals surface area contributed by atoms with E-state index in [4.69, 9.17) is 0 Å². The van der Waals surface area contributed by atoms with Gasteiger partial charge in [-0.05, 0) is 25.0 Å². The van der Waals surface area contributed by atoms with Crippen molar-refractivity contribution in [1.82, 2.24) is 14.5 Å². The molecule has 1 aliphatic carbocycles. The highest BCUT2D eigenvalue weighted by Crippen LogP contribution is 2.46. The lowest BCUT2D eigenvalue weighted by molar-refractivity contribution is -0.141. The summed E-state index contributed by atoms with van der Waals surface area (Å²) in [4.78, 5) is 31.7. The van der Waals surface area contributed by atoms with Gasteiger partial charge in [0.25, 0.3) is 11.7 Å². The molecule has 6 nitrogen and oxygen atoms in total. The van der Waals surface area contributed by atoms with Gasteiger partial charge in [-0.15, -0.1) is 0 Å². The molecular weight excluding hydrogens is 414 g/mol. The van der Waals surface area contributed by atoms with Crippen LogP contribution in [-0.2, 0) is 16.6 Å². The average Bonchev–Trinajstić information content (AvgIpc) is 3.60. The predicted octanol–water partition coefficient (Wildman–Crippen LogP) is 5.02. The number of aromatic amines is 1. The van der Waals surface area contributed by atoms with Gasteiger partial charge in [-0.3, -0.25) is 9.59 Å². The second-order valence-electron chi connectivity index (χ2n) is 9.11. The van der Waals surface area contributed by atoms with Crippen LogP contribution in [0.25, 0.3) is 27.6 Å². The van der Waals surface area contributed by atoms with E-state index in [1.807, 2.05) is 66.3 Å². The molecule has 2 fully saturated rings. The largest absolute Gasteiger partial charge is 0.507 e. The van der Waals surface area contributed by atoms with Gasteiger partial charge in [0.15, 0.2) is 0 Å². The number of aliphatic hydroxyl groups excluding tert-OH is 1. The highest BCUT2D eigenvalue weighted by molar-refractivity contribution is 6.47. The maximum atomic E-state index is 13.4. The van der Waals surface area contributed by atoms with E-state index in [1.54, 1.807) is 11.1 Å². The molecule has 1 aliphatic heterocycles. The van der Waals surface area contributed by atoms with Gasteiger partial charge in [0.1, 0.15) is 5.76 Å². The number of aliphatic hydroxyl groups is 1. The van der Waals surface area contributed by atoms with Crippen LogP contribution in [0.15, 0.2) is 66.5 Å². The number of nitrogens with one attached hydrogen (secondary N) is 1. The molecule has 2 N–H and O–H groups in total. The Labute approximate surface area is 191 Å². The smallest absolute Gasteiger partial charge is 0.295 e. The van der Waals surface area contributed by atoms with Crippen molar-refractivity contribution < 1.29 is 14.7 Å². The second kappa shape index (κ2) is 7.37. The summed E-state index contributed by atoms with van der Waals surface area (Å²) in [6, 6.07) is 15.0. The zero-order chi connectivity index (χ0) is 22.7. The van der Waals surface area contributed by atoms with Crippen molar-refractivity contribution in [1.29, 1.82) is 0 Å². The number of H-pyrrole nitrogens is 1. The zero-order valence-electron chi connectivity index (χ0n) is 18.4. The fourth-order valence-corrected chi connectivity index (χ4v) is 5.72. The number of aryl methyl sites for hydroxylation is 1. The number of para-hydroxylation sites is 2. The Morgan fingerprint density at radius 2 is 1.70 bits per heavy atom. The van der Waals surface area contributed by atoms with Gasteiger partial charge in [0, 0.05) is 58.4 Å². The molecule has 6 rings (SSSR count). The van der Waals surface area contributed by atoms with Gasteiger partial charge in [-0.25, -0.2) is 0 Å². The molecule has 1 saturated carbocycles. The first-order valence-electron chi connectivity index (χ1n) is 11.5. The molecule has 1 unspecified atom stereocenters. The second-order valence-corrected chi connectivity index (χ2v) is 9.11. The molecule has 3 heterocycles. The van der Waals surface area contributed by atoms with Crippen molar-refractivity contribution in [3.63, 3.8) is 0 Å². The summed E-state index contributed by atoms with van der Waals surface area (Å²) in [5.41, 5.74) is 3.48. The number of amides is 1. The molecular formula is C27H25N3O3. The Balaban J connectivity index is 1.62. The standard InChI is InChI=1S/C27H25N3O3/c1-29-15-20(18-11-5-7-13-22(18)29)24-23(26(32)27(33)30(24)16-8-2-3-9-16)25(31)19-14-28-21-12-6-4-10-17(19)21/h4-7,10-16,24,28,31H,2-3,8-9H2,1H3/b25-23+. The summed E-state index contributed by atoms with van der Waals surface area (Å²) in [7, 11) is 1.97. The van der Waals surface area contributed by atoms with Crippen LogP contribution in [0.1, 0.15) is 42.9 Å². The SMILES string of the molecule is Cn1cc(C2/C(=C(\O)c3c[nH]c4ccccc34)C(=O)C(=O)N2C2CCCC2)c2ccccc21. The number of carbonyl (C=O) groups excluding carboxylic acids is 2. The van der Waals surface area contributed by atoms with Crippen molar-refractivity contribution in [3.8, 4) is 0 Å². The van der Waals surface area contributed by atoms with Crippen LogP contribution in [0.3, 0.4) is 0 Å². The van der Waals surface area contributed by atoms with E-state index in [1.165, 1.54) is 0 Å². The number of fused-ring (bicyclic) bond motifs is 2. The minimum absolute atomic E-state index is 0.00122. The fourth-order valence-electron chi connectivity index (χ4n) is 5.72. The Kier molecular flexibility index (Phi) is 4.43. The van der Waals surface area contributed by atoms with Gasteiger partial charge in [0.2, 0.25) is 0 Å². The number of ketones is 1. The van der Waals surface area contributed by atoms with Gasteiger partial charge in [0.05, 0.1) is 11.6 Å². The average molecular weight is 440 g/mol. The number of aromatic nitrogens is 2. The highest BCUT2D eigenvalue weighted by atomic mass is 16.3. The van der Waals surface area contributed by atoms with Gasteiger partial charge >= 0.3 is 0 Å². The number of benzene rings is 2. The van der Waals surface area contributed by atoms with E-state index in [-0.39, 0.29) is 17.4 Å². The van der Waals surface area contributed by atoms with Crippen LogP contribution in [0.4, 0.5) is 0 Å². The summed E-state index contributed by atoms with van der Waals surface area (Å²) >= 11 is 0. The van der Waals surface area contributed by atoms with E-state index in [9.17, 15) is 14.7 Å². The first-order valence-corrected chi connectivity index (χ1v) is 11.5. The maximum absolute atomic E-state index is 13.4. The lowest BCUT2D eigenvalue weighted by Crippen LogP contribution is -2.37. The van der Waals surface area contributed by atoms with Crippen molar-refractivity contribution in [2.75, 3.05) is 0 Å². The normalized spacial score (nSPS) is 21.1. The zero-order valence-corrected chi connectivity index (χ0v) is 18.4. The predicted molar refractivity (Wildman–Crippen MR) is 128 cm³/mol. The molecule has 166 valence electrons. The molecule has 0 radical (unpaired) electrons. The van der Waals surface area contributed by atoms with Crippen molar-refractivity contribution in [3.05, 3.63) is 77.6 Å². The van der Waals surface area contributed by atoms with Crippen LogP contribution in [-0.4, -0.2) is 37.3 Å². The Morgan fingerprint density at radius 1 is 1.00 bits per heavy atom. The van der Waals surface area contributed by atoms with E-state index in [0.717, 1.165) is 53.1 Å². The molecule has 1 amide bonds. The van der Waals surface area contributed by atoms with E-state index in [0.29, 0.717) is 5.56 Å². The van der Waals surface area contributed by atoms with Crippen LogP contribution in [0.2, 0.25) is 0 Å². The lowest BCUT2D eigenvalue weighted by Gasteiger charge is -2.30. The third-order valence-corrected chi connectivity index (χ3v) is 7.26. The van der Waals surface area contributed by atoms with E-state index < -0.39 is 17.7 Å². The number of rotatable bonds is 3. The highest BCUT2D eigenvalue weighted by Gasteiger charge is 2.50. The summed E-state index contributed by atoms with van der Waals surface area (Å²) in [6.45, 7) is 0. The van der Waals surface area contributed by atoms with E-state index >= 15 is 0 Å². The van der Waals surface area contributed by atoms with Crippen molar-refractivity contribution in [2.24, 2.45) is 7.05 Å². The number of likely N-dealkylation sites (tertiary alicyclic amines) is 1. The Morgan fingerprint density at radius 3 is 2.48 bits per heavy atom. The van der Waals surface area contributed by atoms with Crippen LogP contribution in [0.5, 0.6) is 0 Å². The molecule has 2 aromatic heterocycles. The number of Topliss-reactive ketones (excluding diaryl/α,β-unsaturated/α-hetero) is 1. The van der Waals surface area contributed by atoms with Crippen LogP contribution in [0, 0.1) is 0 Å². The third-order valence-electron chi connectivity index (χ3n) is 7.26. The molecule has 1 atom stereocenters. The number of carbonyl (C=O) groups is 2. The Hall–Kier alpha value is -3.80. The summed E-state index contributed by atoms with van der Waals surface area (Å²) in [5, 5.41) is 13.3. The third kappa shape index (κ3) is 2.86. The molecule has 1 saturated heterocycles. The molecule has 0 bridgehead atoms.